The van der Waals surface area contributed by atoms with Crippen LogP contribution in [0.25, 0.3) is 0 Å². The number of hydrogen-bond donors (Lipinski definition) is 0. The fraction of sp³-hybridized carbons (Fsp3) is 0.900. The molecule has 0 amide bonds. The third-order valence-electron chi connectivity index (χ3n) is 2.80. The minimum absolute atomic E-state index is 0.197. The standard InChI is InChI=1S/C10H18O/c1-5-7-6-8(9(7)11)10(2,3)4/h7-8H,5-6H2,1-4H3. The summed E-state index contributed by atoms with van der Waals surface area (Å²) in [5.74, 6) is 1.23. The van der Waals surface area contributed by atoms with Crippen LogP contribution in [-0.2, 0) is 4.79 Å². The molecule has 0 aromatic carbocycles. The number of ketones is 1. The quantitative estimate of drug-likeness (QED) is 0.567. The van der Waals surface area contributed by atoms with Gasteiger partial charge in [0.05, 0.1) is 0 Å². The van der Waals surface area contributed by atoms with E-state index in [4.69, 9.17) is 0 Å². The lowest BCUT2D eigenvalue weighted by atomic mass is 9.61. The predicted molar refractivity (Wildman–Crippen MR) is 46.4 cm³/mol. The Kier molecular flexibility index (Phi) is 2.08. The van der Waals surface area contributed by atoms with Gasteiger partial charge in [-0.1, -0.05) is 27.7 Å². The second-order valence-electron chi connectivity index (χ2n) is 4.66. The SMILES string of the molecule is CCC1CC(C(C)(C)C)C1=O. The van der Waals surface area contributed by atoms with Crippen LogP contribution in [0.1, 0.15) is 40.5 Å². The summed E-state index contributed by atoms with van der Waals surface area (Å²) in [7, 11) is 0. The maximum atomic E-state index is 11.4. The van der Waals surface area contributed by atoms with E-state index in [9.17, 15) is 4.79 Å². The first kappa shape index (κ1) is 8.76. The Balaban J connectivity index is 2.52. The number of hydrogen-bond acceptors (Lipinski definition) is 1. The molecule has 0 radical (unpaired) electrons. The minimum Gasteiger partial charge on any atom is -0.299 e. The van der Waals surface area contributed by atoms with Crippen LogP contribution in [0.2, 0.25) is 0 Å². The highest BCUT2D eigenvalue weighted by Gasteiger charge is 2.44. The van der Waals surface area contributed by atoms with Crippen molar-refractivity contribution in [2.45, 2.75) is 40.5 Å². The largest absolute Gasteiger partial charge is 0.299 e. The van der Waals surface area contributed by atoms with Crippen LogP contribution in [0.4, 0.5) is 0 Å². The van der Waals surface area contributed by atoms with Crippen LogP contribution in [0, 0.1) is 17.3 Å². The summed E-state index contributed by atoms with van der Waals surface area (Å²) in [6, 6.07) is 0. The van der Waals surface area contributed by atoms with E-state index in [1.807, 2.05) is 0 Å². The summed E-state index contributed by atoms with van der Waals surface area (Å²) < 4.78 is 0. The molecule has 1 nitrogen and oxygen atoms in total. The van der Waals surface area contributed by atoms with E-state index >= 15 is 0 Å². The molecule has 1 aliphatic carbocycles. The van der Waals surface area contributed by atoms with Crippen molar-refractivity contribution in [3.8, 4) is 0 Å². The van der Waals surface area contributed by atoms with Crippen molar-refractivity contribution < 1.29 is 4.79 Å². The van der Waals surface area contributed by atoms with Crippen molar-refractivity contribution in [3.05, 3.63) is 0 Å². The maximum Gasteiger partial charge on any atom is 0.139 e. The third-order valence-corrected chi connectivity index (χ3v) is 2.80. The van der Waals surface area contributed by atoms with E-state index in [-0.39, 0.29) is 5.41 Å². The van der Waals surface area contributed by atoms with E-state index in [1.54, 1.807) is 0 Å². The van der Waals surface area contributed by atoms with E-state index in [2.05, 4.69) is 27.7 Å². The molecule has 0 spiro atoms. The van der Waals surface area contributed by atoms with E-state index < -0.39 is 0 Å². The second-order valence-corrected chi connectivity index (χ2v) is 4.66. The highest BCUT2D eigenvalue weighted by molar-refractivity contribution is 5.89. The van der Waals surface area contributed by atoms with Crippen LogP contribution in [0.5, 0.6) is 0 Å². The highest BCUT2D eigenvalue weighted by Crippen LogP contribution is 2.43. The second kappa shape index (κ2) is 2.62. The fourth-order valence-corrected chi connectivity index (χ4v) is 1.79. The van der Waals surface area contributed by atoms with Crippen molar-refractivity contribution in [3.63, 3.8) is 0 Å². The van der Waals surface area contributed by atoms with Crippen LogP contribution < -0.4 is 0 Å². The third kappa shape index (κ3) is 1.47. The first-order chi connectivity index (χ1) is 4.96. The Hall–Kier alpha value is -0.330. The van der Waals surface area contributed by atoms with Crippen LogP contribution in [-0.4, -0.2) is 5.78 Å². The van der Waals surface area contributed by atoms with Crippen molar-refractivity contribution in [2.75, 3.05) is 0 Å². The van der Waals surface area contributed by atoms with Crippen molar-refractivity contribution in [1.29, 1.82) is 0 Å². The molecule has 1 saturated carbocycles. The molecule has 0 N–H and O–H groups in total. The summed E-state index contributed by atoms with van der Waals surface area (Å²) in [6.07, 6.45) is 2.16. The molecule has 2 unspecified atom stereocenters. The summed E-state index contributed by atoms with van der Waals surface area (Å²) in [6.45, 7) is 8.56. The van der Waals surface area contributed by atoms with Gasteiger partial charge in [0.2, 0.25) is 0 Å². The monoisotopic (exact) mass is 154 g/mol. The zero-order chi connectivity index (χ0) is 8.65. The lowest BCUT2D eigenvalue weighted by Gasteiger charge is -2.41. The molecular formula is C10H18O. The molecule has 11 heavy (non-hydrogen) atoms. The van der Waals surface area contributed by atoms with Gasteiger partial charge in [-0.2, -0.15) is 0 Å². The molecule has 1 fully saturated rings. The van der Waals surface area contributed by atoms with Gasteiger partial charge in [-0.05, 0) is 18.3 Å². The Morgan fingerprint density at radius 1 is 1.45 bits per heavy atom. The molecule has 0 saturated heterocycles. The van der Waals surface area contributed by atoms with Gasteiger partial charge in [0, 0.05) is 11.8 Å². The zero-order valence-corrected chi connectivity index (χ0v) is 7.98. The Morgan fingerprint density at radius 2 is 2.00 bits per heavy atom. The summed E-state index contributed by atoms with van der Waals surface area (Å²) in [5, 5.41) is 0. The number of Topliss-reactive ketones (excluding diaryl/α,β-unsaturated/α-hetero) is 1. The summed E-state index contributed by atoms with van der Waals surface area (Å²) in [5.41, 5.74) is 0.197. The van der Waals surface area contributed by atoms with E-state index in [1.165, 1.54) is 0 Å². The van der Waals surface area contributed by atoms with E-state index in [0.717, 1.165) is 12.8 Å². The predicted octanol–water partition coefficient (Wildman–Crippen LogP) is 2.65. The Bertz CT molecular complexity index is 164. The minimum atomic E-state index is 0.197. The molecule has 0 bridgehead atoms. The summed E-state index contributed by atoms with van der Waals surface area (Å²) >= 11 is 0. The molecule has 1 aliphatic rings. The molecule has 0 heterocycles. The number of carbonyl (C=O) groups is 1. The lowest BCUT2D eigenvalue weighted by Crippen LogP contribution is -2.44. The van der Waals surface area contributed by atoms with Gasteiger partial charge in [0.25, 0.3) is 0 Å². The molecule has 0 aromatic heterocycles. The average molecular weight is 154 g/mol. The highest BCUT2D eigenvalue weighted by atomic mass is 16.1. The van der Waals surface area contributed by atoms with Gasteiger partial charge in [0.1, 0.15) is 5.78 Å². The molecule has 0 aromatic rings. The van der Waals surface area contributed by atoms with Crippen LogP contribution >= 0.6 is 0 Å². The van der Waals surface area contributed by atoms with Gasteiger partial charge >= 0.3 is 0 Å². The first-order valence-corrected chi connectivity index (χ1v) is 4.50. The van der Waals surface area contributed by atoms with Crippen LogP contribution in [0.3, 0.4) is 0 Å². The molecule has 1 heteroatoms. The normalized spacial score (nSPS) is 31.8. The summed E-state index contributed by atoms with van der Waals surface area (Å²) in [4.78, 5) is 11.4. The van der Waals surface area contributed by atoms with Gasteiger partial charge < -0.3 is 0 Å². The number of rotatable bonds is 1. The van der Waals surface area contributed by atoms with Gasteiger partial charge in [-0.15, -0.1) is 0 Å². The number of carbonyl (C=O) groups excluding carboxylic acids is 1. The molecule has 0 aliphatic heterocycles. The van der Waals surface area contributed by atoms with Crippen molar-refractivity contribution >= 4 is 5.78 Å². The first-order valence-electron chi connectivity index (χ1n) is 4.50. The lowest BCUT2D eigenvalue weighted by molar-refractivity contribution is -0.141. The zero-order valence-electron chi connectivity index (χ0n) is 7.98. The molecule has 64 valence electrons. The van der Waals surface area contributed by atoms with Gasteiger partial charge in [-0.25, -0.2) is 0 Å². The molecular weight excluding hydrogens is 136 g/mol. The van der Waals surface area contributed by atoms with Crippen LogP contribution in [0.15, 0.2) is 0 Å². The molecule has 1 rings (SSSR count). The van der Waals surface area contributed by atoms with Crippen molar-refractivity contribution in [2.24, 2.45) is 17.3 Å². The smallest absolute Gasteiger partial charge is 0.139 e. The Labute approximate surface area is 69.2 Å². The molecule has 2 atom stereocenters. The maximum absolute atomic E-state index is 11.4. The fourth-order valence-electron chi connectivity index (χ4n) is 1.79. The van der Waals surface area contributed by atoms with Gasteiger partial charge in [0.15, 0.2) is 0 Å². The topological polar surface area (TPSA) is 17.1 Å². The van der Waals surface area contributed by atoms with Crippen molar-refractivity contribution in [1.82, 2.24) is 0 Å². The Morgan fingerprint density at radius 3 is 2.27 bits per heavy atom. The average Bonchev–Trinajstić information content (AvgIpc) is 1.83. The van der Waals surface area contributed by atoms with E-state index in [0.29, 0.717) is 17.6 Å². The van der Waals surface area contributed by atoms with Gasteiger partial charge in [-0.3, -0.25) is 4.79 Å².